The van der Waals surface area contributed by atoms with Crippen molar-refractivity contribution in [3.05, 3.63) is 0 Å². The Kier molecular flexibility index (Phi) is 11.1. The van der Waals surface area contributed by atoms with Gasteiger partial charge in [0.05, 0.1) is 6.10 Å². The van der Waals surface area contributed by atoms with Gasteiger partial charge in [-0.2, -0.15) is 11.8 Å². The van der Waals surface area contributed by atoms with E-state index in [0.717, 1.165) is 5.75 Å². The fourth-order valence-electron chi connectivity index (χ4n) is 4.08. The van der Waals surface area contributed by atoms with Crippen molar-refractivity contribution < 1.29 is 24.1 Å². The first-order valence-electron chi connectivity index (χ1n) is 11.3. The fraction of sp³-hybridized carbons (Fsp3) is 1.00. The largest absolute Gasteiger partial charge is 0.389 e. The number of aliphatic hydroxyl groups excluding tert-OH is 1. The van der Waals surface area contributed by atoms with Gasteiger partial charge in [0, 0.05) is 12.9 Å². The molecule has 2 aliphatic heterocycles. The molecule has 2 aliphatic rings. The Morgan fingerprint density at radius 3 is 2.11 bits per heavy atom. The summed E-state index contributed by atoms with van der Waals surface area (Å²) in [5, 5.41) is 10.6. The molecule has 0 saturated carbocycles. The minimum absolute atomic E-state index is 0.270. The highest BCUT2D eigenvalue weighted by atomic mass is 32.2. The maximum atomic E-state index is 10.6. The van der Waals surface area contributed by atoms with Gasteiger partial charge >= 0.3 is 0 Å². The van der Waals surface area contributed by atoms with Crippen molar-refractivity contribution in [3.8, 4) is 0 Å². The molecule has 0 bridgehead atoms. The van der Waals surface area contributed by atoms with E-state index in [9.17, 15) is 5.11 Å². The van der Waals surface area contributed by atoms with Crippen LogP contribution >= 0.6 is 11.8 Å². The van der Waals surface area contributed by atoms with E-state index in [0.29, 0.717) is 5.75 Å². The summed E-state index contributed by atoms with van der Waals surface area (Å²) in [5.41, 5.74) is 0. The molecule has 166 valence electrons. The minimum atomic E-state index is -0.656. The highest BCUT2D eigenvalue weighted by Crippen LogP contribution is 2.40. The van der Waals surface area contributed by atoms with Crippen LogP contribution < -0.4 is 0 Å². The van der Waals surface area contributed by atoms with Crippen molar-refractivity contribution >= 4 is 11.8 Å². The molecular weight excluding hydrogens is 376 g/mol. The van der Waals surface area contributed by atoms with Crippen molar-refractivity contribution in [2.75, 3.05) is 18.6 Å². The smallest absolute Gasteiger partial charge is 0.186 e. The van der Waals surface area contributed by atoms with Crippen LogP contribution in [0.1, 0.15) is 85.0 Å². The summed E-state index contributed by atoms with van der Waals surface area (Å²) in [7, 11) is 1.60. The highest BCUT2D eigenvalue weighted by Gasteiger charge is 2.57. The second-order valence-electron chi connectivity index (χ2n) is 8.59. The Balaban J connectivity index is 1.51. The summed E-state index contributed by atoms with van der Waals surface area (Å²) >= 11 is 1.80. The summed E-state index contributed by atoms with van der Waals surface area (Å²) in [6.45, 7) is 6.05. The van der Waals surface area contributed by atoms with E-state index in [-0.39, 0.29) is 12.2 Å². The minimum Gasteiger partial charge on any atom is -0.389 e. The van der Waals surface area contributed by atoms with Gasteiger partial charge in [-0.05, 0) is 26.0 Å². The lowest BCUT2D eigenvalue weighted by Gasteiger charge is -2.26. The zero-order valence-corrected chi connectivity index (χ0v) is 19.2. The van der Waals surface area contributed by atoms with E-state index in [1.165, 1.54) is 64.2 Å². The van der Waals surface area contributed by atoms with E-state index in [4.69, 9.17) is 18.9 Å². The molecule has 1 N–H and O–H groups in total. The van der Waals surface area contributed by atoms with E-state index < -0.39 is 24.3 Å². The zero-order chi connectivity index (χ0) is 20.4. The van der Waals surface area contributed by atoms with Crippen LogP contribution in [-0.4, -0.2) is 60.2 Å². The van der Waals surface area contributed by atoms with Gasteiger partial charge in [0.25, 0.3) is 0 Å². The SMILES string of the molecule is CCCCCCCCCCCCSC[C@@H](O)[C@H]1O[C@H](OC)[C@H]2OC(C)(C)O[C@H]21. The number of thioether (sulfide) groups is 1. The molecule has 0 aliphatic carbocycles. The molecule has 6 heteroatoms. The van der Waals surface area contributed by atoms with Crippen molar-refractivity contribution in [1.29, 1.82) is 0 Å². The van der Waals surface area contributed by atoms with E-state index in [1.807, 2.05) is 13.8 Å². The maximum absolute atomic E-state index is 10.6. The van der Waals surface area contributed by atoms with Crippen LogP contribution in [0.3, 0.4) is 0 Å². The molecule has 0 radical (unpaired) electrons. The maximum Gasteiger partial charge on any atom is 0.186 e. The summed E-state index contributed by atoms with van der Waals surface area (Å²) in [5.74, 6) is 1.09. The van der Waals surface area contributed by atoms with Gasteiger partial charge < -0.3 is 24.1 Å². The molecule has 0 amide bonds. The normalized spacial score (nSPS) is 29.9. The number of unbranched alkanes of at least 4 members (excludes halogenated alkanes) is 9. The van der Waals surface area contributed by atoms with Crippen molar-refractivity contribution in [3.63, 3.8) is 0 Å². The van der Waals surface area contributed by atoms with Crippen LogP contribution in [0.5, 0.6) is 0 Å². The number of methoxy groups -OCH3 is 1. The Labute approximate surface area is 176 Å². The molecule has 28 heavy (non-hydrogen) atoms. The lowest BCUT2D eigenvalue weighted by molar-refractivity contribution is -0.235. The molecule has 5 nitrogen and oxygen atoms in total. The molecular formula is C22H42O5S. The first-order chi connectivity index (χ1) is 13.5. The van der Waals surface area contributed by atoms with Crippen molar-refractivity contribution in [2.24, 2.45) is 0 Å². The van der Waals surface area contributed by atoms with E-state index in [2.05, 4.69) is 6.92 Å². The molecule has 2 heterocycles. The molecule has 0 aromatic rings. The molecule has 2 fully saturated rings. The lowest BCUT2D eigenvalue weighted by atomic mass is 10.1. The predicted octanol–water partition coefficient (Wildman–Crippen LogP) is 4.89. The summed E-state index contributed by atoms with van der Waals surface area (Å²) < 4.78 is 23.1. The van der Waals surface area contributed by atoms with Crippen LogP contribution in [0.15, 0.2) is 0 Å². The van der Waals surface area contributed by atoms with Crippen LogP contribution in [0, 0.1) is 0 Å². The fourth-order valence-corrected chi connectivity index (χ4v) is 5.09. The molecule has 2 rings (SSSR count). The van der Waals surface area contributed by atoms with Crippen LogP contribution in [0.4, 0.5) is 0 Å². The summed E-state index contributed by atoms with van der Waals surface area (Å²) in [6.07, 6.45) is 11.5. The topological polar surface area (TPSA) is 57.2 Å². The lowest BCUT2D eigenvalue weighted by Crippen LogP contribution is -2.39. The molecule has 0 unspecified atom stereocenters. The van der Waals surface area contributed by atoms with Crippen LogP contribution in [0.25, 0.3) is 0 Å². The summed E-state index contributed by atoms with van der Waals surface area (Å²) in [6, 6.07) is 0. The third kappa shape index (κ3) is 7.77. The van der Waals surface area contributed by atoms with E-state index in [1.54, 1.807) is 18.9 Å². The number of hydrogen-bond acceptors (Lipinski definition) is 6. The van der Waals surface area contributed by atoms with Crippen molar-refractivity contribution in [1.82, 2.24) is 0 Å². The second kappa shape index (κ2) is 12.8. The molecule has 0 aromatic heterocycles. The van der Waals surface area contributed by atoms with E-state index >= 15 is 0 Å². The van der Waals surface area contributed by atoms with Gasteiger partial charge in [-0.15, -0.1) is 0 Å². The van der Waals surface area contributed by atoms with Gasteiger partial charge in [-0.1, -0.05) is 64.7 Å². The number of aliphatic hydroxyl groups is 1. The second-order valence-corrected chi connectivity index (χ2v) is 9.74. The van der Waals surface area contributed by atoms with Crippen molar-refractivity contribution in [2.45, 2.75) is 121 Å². The van der Waals surface area contributed by atoms with Gasteiger partial charge in [0.1, 0.15) is 18.3 Å². The predicted molar refractivity (Wildman–Crippen MR) is 115 cm³/mol. The third-order valence-corrected chi connectivity index (χ3v) is 6.74. The Bertz CT molecular complexity index is 420. The molecule has 5 atom stereocenters. The average molecular weight is 419 g/mol. The van der Waals surface area contributed by atoms with Gasteiger partial charge in [-0.25, -0.2) is 0 Å². The van der Waals surface area contributed by atoms with Gasteiger partial charge in [0.2, 0.25) is 0 Å². The Morgan fingerprint density at radius 2 is 1.50 bits per heavy atom. The van der Waals surface area contributed by atoms with Gasteiger partial charge in [-0.3, -0.25) is 0 Å². The average Bonchev–Trinajstić information content (AvgIpc) is 3.15. The molecule has 0 aromatic carbocycles. The standard InChI is InChI=1S/C22H42O5S/c1-5-6-7-8-9-10-11-12-13-14-15-28-16-17(23)18-19-20(21(24-4)25-18)27-22(2,3)26-19/h17-21,23H,5-16H2,1-4H3/t17-,18-,19+,20+,21+/m1/s1. The Morgan fingerprint density at radius 1 is 0.929 bits per heavy atom. The zero-order valence-electron chi connectivity index (χ0n) is 18.4. The Hall–Kier alpha value is 0.150. The van der Waals surface area contributed by atoms with Crippen LogP contribution in [-0.2, 0) is 18.9 Å². The number of hydrogen-bond donors (Lipinski definition) is 1. The number of rotatable bonds is 15. The quantitative estimate of drug-likeness (QED) is 0.382. The monoisotopic (exact) mass is 418 g/mol. The highest BCUT2D eigenvalue weighted by molar-refractivity contribution is 7.99. The molecule has 2 saturated heterocycles. The van der Waals surface area contributed by atoms with Crippen LogP contribution in [0.2, 0.25) is 0 Å². The first kappa shape index (κ1) is 24.4. The van der Waals surface area contributed by atoms with Gasteiger partial charge in [0.15, 0.2) is 12.1 Å². The number of ether oxygens (including phenoxy) is 4. The summed E-state index contributed by atoms with van der Waals surface area (Å²) in [4.78, 5) is 0. The third-order valence-electron chi connectivity index (χ3n) is 5.59. The molecule has 0 spiro atoms. The number of fused-ring (bicyclic) bond motifs is 1. The first-order valence-corrected chi connectivity index (χ1v) is 12.4.